The summed E-state index contributed by atoms with van der Waals surface area (Å²) >= 11 is 0. The summed E-state index contributed by atoms with van der Waals surface area (Å²) in [6.07, 6.45) is 0. The molecule has 0 radical (unpaired) electrons. The Kier molecular flexibility index (Phi) is 5.99. The van der Waals surface area contributed by atoms with Crippen molar-refractivity contribution in [2.45, 2.75) is 6.54 Å². The number of nitrogens with zero attached hydrogens (tertiary/aromatic N) is 2. The first-order chi connectivity index (χ1) is 14.6. The van der Waals surface area contributed by atoms with Crippen LogP contribution in [0, 0.1) is 0 Å². The van der Waals surface area contributed by atoms with Crippen molar-refractivity contribution in [3.05, 3.63) is 65.9 Å². The molecule has 1 aromatic heterocycles. The van der Waals surface area contributed by atoms with Crippen molar-refractivity contribution in [2.75, 3.05) is 39.8 Å². The van der Waals surface area contributed by atoms with Gasteiger partial charge in [0.1, 0.15) is 11.4 Å². The minimum atomic E-state index is -0.302. The molecule has 2 amide bonds. The van der Waals surface area contributed by atoms with Gasteiger partial charge in [0.2, 0.25) is 5.91 Å². The summed E-state index contributed by atoms with van der Waals surface area (Å²) in [6, 6.07) is 17.7. The number of aromatic amines is 1. The molecule has 7 nitrogen and oxygen atoms in total. The van der Waals surface area contributed by atoms with Gasteiger partial charge < -0.3 is 19.9 Å². The van der Waals surface area contributed by atoms with Crippen LogP contribution in [0.1, 0.15) is 16.1 Å². The van der Waals surface area contributed by atoms with Gasteiger partial charge in [-0.2, -0.15) is 0 Å². The van der Waals surface area contributed by atoms with Crippen LogP contribution in [0.3, 0.4) is 0 Å². The maximum atomic E-state index is 12.5. The van der Waals surface area contributed by atoms with E-state index < -0.39 is 0 Å². The summed E-state index contributed by atoms with van der Waals surface area (Å²) in [5.74, 6) is 0.341. The molecule has 0 aliphatic carbocycles. The summed E-state index contributed by atoms with van der Waals surface area (Å²) in [5.41, 5.74) is 2.51. The molecule has 0 saturated carbocycles. The molecular weight excluding hydrogens is 380 g/mol. The van der Waals surface area contributed by atoms with Crippen LogP contribution in [0.15, 0.2) is 54.6 Å². The number of ether oxygens (including phenoxy) is 1. The van der Waals surface area contributed by atoms with Gasteiger partial charge in [-0.1, -0.05) is 36.4 Å². The fraction of sp³-hybridized carbons (Fsp3) is 0.304. The molecule has 1 aliphatic heterocycles. The minimum Gasteiger partial charge on any atom is -0.496 e. The third kappa shape index (κ3) is 4.46. The second kappa shape index (κ2) is 9.00. The lowest BCUT2D eigenvalue weighted by Gasteiger charge is -2.34. The number of hydrogen-bond acceptors (Lipinski definition) is 4. The number of hydrogen-bond donors (Lipinski definition) is 2. The molecule has 30 heavy (non-hydrogen) atoms. The number of amides is 2. The standard InChI is InChI=1S/C23H26N4O3/c1-30-21-9-5-8-19-18(21)14-20(25-19)23(29)24-15-22(28)27-12-10-26(11-13-27)16-17-6-3-2-4-7-17/h2-9,14,25H,10-13,15-16H2,1H3,(H,24,29). The number of benzene rings is 2. The fourth-order valence-corrected chi connectivity index (χ4v) is 3.79. The lowest BCUT2D eigenvalue weighted by molar-refractivity contribution is -0.131. The number of carbonyl (C=O) groups excluding carboxylic acids is 2. The smallest absolute Gasteiger partial charge is 0.268 e. The molecule has 1 aliphatic rings. The Bertz CT molecular complexity index is 1020. The van der Waals surface area contributed by atoms with E-state index in [1.54, 1.807) is 13.2 Å². The second-order valence-electron chi connectivity index (χ2n) is 7.43. The van der Waals surface area contributed by atoms with Crippen LogP contribution < -0.4 is 10.1 Å². The van der Waals surface area contributed by atoms with E-state index in [2.05, 4.69) is 27.3 Å². The van der Waals surface area contributed by atoms with Crippen molar-refractivity contribution in [3.63, 3.8) is 0 Å². The van der Waals surface area contributed by atoms with E-state index in [0.29, 0.717) is 24.5 Å². The first kappa shape index (κ1) is 20.0. The predicted molar refractivity (Wildman–Crippen MR) is 115 cm³/mol. The molecule has 0 spiro atoms. The van der Waals surface area contributed by atoms with Crippen molar-refractivity contribution >= 4 is 22.7 Å². The zero-order valence-electron chi connectivity index (χ0n) is 17.1. The third-order valence-electron chi connectivity index (χ3n) is 5.46. The highest BCUT2D eigenvalue weighted by molar-refractivity contribution is 6.00. The molecule has 0 unspecified atom stereocenters. The van der Waals surface area contributed by atoms with Gasteiger partial charge in [0.25, 0.3) is 5.91 Å². The lowest BCUT2D eigenvalue weighted by Crippen LogP contribution is -2.50. The van der Waals surface area contributed by atoms with Gasteiger partial charge in [0.15, 0.2) is 0 Å². The van der Waals surface area contributed by atoms with E-state index in [1.165, 1.54) is 5.56 Å². The maximum absolute atomic E-state index is 12.5. The number of piperazine rings is 1. The topological polar surface area (TPSA) is 77.7 Å². The normalized spacial score (nSPS) is 14.6. The molecular formula is C23H26N4O3. The molecule has 4 rings (SSSR count). The highest BCUT2D eigenvalue weighted by atomic mass is 16.5. The Balaban J connectivity index is 1.27. The van der Waals surface area contributed by atoms with Crippen molar-refractivity contribution in [1.29, 1.82) is 0 Å². The first-order valence-corrected chi connectivity index (χ1v) is 10.1. The molecule has 2 N–H and O–H groups in total. The summed E-state index contributed by atoms with van der Waals surface area (Å²) in [6.45, 7) is 3.89. The summed E-state index contributed by atoms with van der Waals surface area (Å²) in [4.78, 5) is 32.3. The van der Waals surface area contributed by atoms with Crippen LogP contribution in [0.5, 0.6) is 5.75 Å². The van der Waals surface area contributed by atoms with Gasteiger partial charge in [-0.05, 0) is 23.8 Å². The zero-order chi connectivity index (χ0) is 20.9. The Morgan fingerprint density at radius 2 is 1.80 bits per heavy atom. The van der Waals surface area contributed by atoms with E-state index in [4.69, 9.17) is 4.74 Å². The molecule has 0 bridgehead atoms. The van der Waals surface area contributed by atoms with Crippen molar-refractivity contribution < 1.29 is 14.3 Å². The monoisotopic (exact) mass is 406 g/mol. The number of rotatable bonds is 6. The van der Waals surface area contributed by atoms with Crippen LogP contribution in [-0.4, -0.2) is 66.4 Å². The third-order valence-corrected chi connectivity index (χ3v) is 5.46. The van der Waals surface area contributed by atoms with E-state index in [-0.39, 0.29) is 18.4 Å². The Hall–Kier alpha value is -3.32. The van der Waals surface area contributed by atoms with Gasteiger partial charge in [-0.15, -0.1) is 0 Å². The summed E-state index contributed by atoms with van der Waals surface area (Å²) < 4.78 is 5.33. The van der Waals surface area contributed by atoms with Crippen LogP contribution >= 0.6 is 0 Å². The van der Waals surface area contributed by atoms with E-state index >= 15 is 0 Å². The largest absolute Gasteiger partial charge is 0.496 e. The van der Waals surface area contributed by atoms with E-state index in [0.717, 1.165) is 30.5 Å². The molecule has 7 heteroatoms. The molecule has 3 aromatic rings. The molecule has 2 heterocycles. The Labute approximate surface area is 175 Å². The molecule has 156 valence electrons. The average molecular weight is 406 g/mol. The summed E-state index contributed by atoms with van der Waals surface area (Å²) in [5, 5.41) is 3.57. The molecule has 1 fully saturated rings. The highest BCUT2D eigenvalue weighted by Gasteiger charge is 2.22. The number of nitrogens with one attached hydrogen (secondary N) is 2. The van der Waals surface area contributed by atoms with Crippen molar-refractivity contribution in [2.24, 2.45) is 0 Å². The first-order valence-electron chi connectivity index (χ1n) is 10.1. The van der Waals surface area contributed by atoms with Gasteiger partial charge in [-0.3, -0.25) is 14.5 Å². The van der Waals surface area contributed by atoms with Gasteiger partial charge >= 0.3 is 0 Å². The SMILES string of the molecule is COc1cccc2[nH]c(C(=O)NCC(=O)N3CCN(Cc4ccccc4)CC3)cc12. The summed E-state index contributed by atoms with van der Waals surface area (Å²) in [7, 11) is 1.60. The van der Waals surface area contributed by atoms with Crippen molar-refractivity contribution in [3.8, 4) is 5.75 Å². The maximum Gasteiger partial charge on any atom is 0.268 e. The Morgan fingerprint density at radius 3 is 2.53 bits per heavy atom. The molecule has 0 atom stereocenters. The van der Waals surface area contributed by atoms with Gasteiger partial charge in [-0.25, -0.2) is 0 Å². The van der Waals surface area contributed by atoms with E-state index in [9.17, 15) is 9.59 Å². The van der Waals surface area contributed by atoms with Crippen LogP contribution in [0.4, 0.5) is 0 Å². The average Bonchev–Trinajstić information content (AvgIpc) is 3.23. The molecule has 1 saturated heterocycles. The number of fused-ring (bicyclic) bond motifs is 1. The van der Waals surface area contributed by atoms with E-state index in [1.807, 2.05) is 41.3 Å². The Morgan fingerprint density at radius 1 is 1.03 bits per heavy atom. The lowest BCUT2D eigenvalue weighted by atomic mass is 10.2. The fourth-order valence-electron chi connectivity index (χ4n) is 3.79. The number of methoxy groups -OCH3 is 1. The second-order valence-corrected chi connectivity index (χ2v) is 7.43. The van der Waals surface area contributed by atoms with Crippen LogP contribution in [-0.2, 0) is 11.3 Å². The minimum absolute atomic E-state index is 0.00990. The van der Waals surface area contributed by atoms with Crippen molar-refractivity contribution in [1.82, 2.24) is 20.1 Å². The highest BCUT2D eigenvalue weighted by Crippen LogP contribution is 2.25. The quantitative estimate of drug-likeness (QED) is 0.658. The van der Waals surface area contributed by atoms with Crippen LogP contribution in [0.2, 0.25) is 0 Å². The molecule has 2 aromatic carbocycles. The number of carbonyl (C=O) groups is 2. The number of H-pyrrole nitrogens is 1. The van der Waals surface area contributed by atoms with Crippen LogP contribution in [0.25, 0.3) is 10.9 Å². The predicted octanol–water partition coefficient (Wildman–Crippen LogP) is 2.25. The zero-order valence-corrected chi connectivity index (χ0v) is 17.1. The van der Waals surface area contributed by atoms with Gasteiger partial charge in [0.05, 0.1) is 13.7 Å². The number of aromatic nitrogens is 1. The van der Waals surface area contributed by atoms with Gasteiger partial charge in [0, 0.05) is 43.6 Å².